The molecule has 2 aromatic carbocycles. The Balaban J connectivity index is 1.34. The maximum absolute atomic E-state index is 12.5. The van der Waals surface area contributed by atoms with Crippen LogP contribution >= 0.6 is 0 Å². The first-order valence-corrected chi connectivity index (χ1v) is 11.4. The Morgan fingerprint density at radius 2 is 1.62 bits per heavy atom. The molecule has 2 aromatic rings. The molecule has 29 heavy (non-hydrogen) atoms. The molecule has 154 valence electrons. The van der Waals surface area contributed by atoms with Gasteiger partial charge in [-0.2, -0.15) is 0 Å². The highest BCUT2D eigenvalue weighted by Gasteiger charge is 2.24. The molecule has 0 bridgehead atoms. The molecule has 0 unspecified atom stereocenters. The molecule has 2 aliphatic rings. The summed E-state index contributed by atoms with van der Waals surface area (Å²) in [6, 6.07) is 12.3. The smallest absolute Gasteiger partial charge is 0.251 e. The third-order valence-electron chi connectivity index (χ3n) is 5.16. The van der Waals surface area contributed by atoms with Gasteiger partial charge >= 0.3 is 0 Å². The summed E-state index contributed by atoms with van der Waals surface area (Å²) in [5, 5.41) is 2.86. The highest BCUT2D eigenvalue weighted by atomic mass is 32.2. The number of hydrogen-bond acceptors (Lipinski definition) is 5. The second-order valence-corrected chi connectivity index (χ2v) is 9.25. The van der Waals surface area contributed by atoms with Crippen molar-refractivity contribution in [1.29, 1.82) is 0 Å². The van der Waals surface area contributed by atoms with Crippen molar-refractivity contribution in [3.8, 4) is 11.5 Å². The summed E-state index contributed by atoms with van der Waals surface area (Å²) < 4.78 is 37.3. The second kappa shape index (κ2) is 8.42. The molecule has 0 aromatic heterocycles. The molecular formula is C21H24N2O5S. The lowest BCUT2D eigenvalue weighted by molar-refractivity contribution is 0.0951. The van der Waals surface area contributed by atoms with Gasteiger partial charge in [0, 0.05) is 25.2 Å². The van der Waals surface area contributed by atoms with Gasteiger partial charge in [-0.05, 0) is 48.2 Å². The zero-order chi connectivity index (χ0) is 20.3. The Morgan fingerprint density at radius 1 is 0.931 bits per heavy atom. The number of hydrogen-bond donors (Lipinski definition) is 1. The number of nitrogens with zero attached hydrogens (tertiary/aromatic N) is 1. The third-order valence-corrected chi connectivity index (χ3v) is 7.01. The first kappa shape index (κ1) is 19.7. The average molecular weight is 416 g/mol. The van der Waals surface area contributed by atoms with E-state index in [-0.39, 0.29) is 18.5 Å². The molecular weight excluding hydrogens is 392 g/mol. The summed E-state index contributed by atoms with van der Waals surface area (Å²) in [5.74, 6) is 1.13. The van der Waals surface area contributed by atoms with E-state index in [1.165, 1.54) is 0 Å². The zero-order valence-corrected chi connectivity index (χ0v) is 16.9. The molecule has 8 heteroatoms. The lowest BCUT2D eigenvalue weighted by atomic mass is 10.1. The molecule has 0 saturated carbocycles. The van der Waals surface area contributed by atoms with E-state index in [2.05, 4.69) is 5.32 Å². The number of benzene rings is 2. The van der Waals surface area contributed by atoms with Crippen molar-refractivity contribution in [2.75, 3.05) is 19.9 Å². The van der Waals surface area contributed by atoms with E-state index >= 15 is 0 Å². The molecule has 0 spiro atoms. The van der Waals surface area contributed by atoms with E-state index in [0.717, 1.165) is 24.8 Å². The summed E-state index contributed by atoms with van der Waals surface area (Å²) in [5.41, 5.74) is 2.08. The highest BCUT2D eigenvalue weighted by Crippen LogP contribution is 2.32. The maximum atomic E-state index is 12.5. The van der Waals surface area contributed by atoms with Crippen molar-refractivity contribution in [3.63, 3.8) is 0 Å². The minimum absolute atomic E-state index is 0.0356. The minimum atomic E-state index is -3.31. The molecule has 1 N–H and O–H groups in total. The van der Waals surface area contributed by atoms with Gasteiger partial charge in [0.15, 0.2) is 11.5 Å². The van der Waals surface area contributed by atoms with Gasteiger partial charge in [-0.15, -0.1) is 0 Å². The maximum Gasteiger partial charge on any atom is 0.251 e. The number of piperidine rings is 1. The van der Waals surface area contributed by atoms with Crippen LogP contribution in [-0.4, -0.2) is 38.5 Å². The second-order valence-electron chi connectivity index (χ2n) is 7.28. The number of ether oxygens (including phenoxy) is 2. The van der Waals surface area contributed by atoms with E-state index in [0.29, 0.717) is 42.3 Å². The number of carbonyl (C=O) groups is 1. The van der Waals surface area contributed by atoms with Crippen LogP contribution in [0.1, 0.15) is 40.7 Å². The summed E-state index contributed by atoms with van der Waals surface area (Å²) >= 11 is 0. The molecule has 2 heterocycles. The fraction of sp³-hybridized carbons (Fsp3) is 0.381. The Hall–Kier alpha value is -2.58. The van der Waals surface area contributed by atoms with Crippen molar-refractivity contribution in [2.24, 2.45) is 0 Å². The predicted octanol–water partition coefficient (Wildman–Crippen LogP) is 2.66. The van der Waals surface area contributed by atoms with Crippen LogP contribution < -0.4 is 14.8 Å². The lowest BCUT2D eigenvalue weighted by Gasteiger charge is -2.25. The van der Waals surface area contributed by atoms with Crippen LogP contribution in [0, 0.1) is 0 Å². The van der Waals surface area contributed by atoms with Gasteiger partial charge < -0.3 is 14.8 Å². The molecule has 2 aliphatic heterocycles. The summed E-state index contributed by atoms with van der Waals surface area (Å²) in [6.07, 6.45) is 2.92. The highest BCUT2D eigenvalue weighted by molar-refractivity contribution is 7.88. The molecule has 4 rings (SSSR count). The molecule has 1 fully saturated rings. The molecule has 0 radical (unpaired) electrons. The van der Waals surface area contributed by atoms with Gasteiger partial charge in [-0.25, -0.2) is 12.7 Å². The quantitative estimate of drug-likeness (QED) is 0.783. The summed E-state index contributed by atoms with van der Waals surface area (Å²) in [4.78, 5) is 12.4. The molecule has 0 atom stereocenters. The van der Waals surface area contributed by atoms with E-state index in [9.17, 15) is 13.2 Å². The van der Waals surface area contributed by atoms with Gasteiger partial charge in [-0.1, -0.05) is 24.6 Å². The normalized spacial score (nSPS) is 16.6. The van der Waals surface area contributed by atoms with Crippen LogP contribution in [0.3, 0.4) is 0 Å². The average Bonchev–Trinajstić information content (AvgIpc) is 3.21. The molecule has 7 nitrogen and oxygen atoms in total. The van der Waals surface area contributed by atoms with Gasteiger partial charge in [0.25, 0.3) is 5.91 Å². The van der Waals surface area contributed by atoms with E-state index in [4.69, 9.17) is 9.47 Å². The molecule has 0 aliphatic carbocycles. The van der Waals surface area contributed by atoms with E-state index in [1.807, 2.05) is 18.2 Å². The predicted molar refractivity (Wildman–Crippen MR) is 108 cm³/mol. The summed E-state index contributed by atoms with van der Waals surface area (Å²) in [6.45, 7) is 1.77. The Labute approximate surface area is 170 Å². The number of amides is 1. The number of carbonyl (C=O) groups excluding carboxylic acids is 1. The van der Waals surface area contributed by atoms with Crippen LogP contribution in [0.25, 0.3) is 0 Å². The first-order valence-electron chi connectivity index (χ1n) is 9.75. The fourth-order valence-electron chi connectivity index (χ4n) is 3.53. The van der Waals surface area contributed by atoms with Crippen LogP contribution in [0.5, 0.6) is 11.5 Å². The van der Waals surface area contributed by atoms with Crippen molar-refractivity contribution < 1.29 is 22.7 Å². The number of rotatable bonds is 6. The van der Waals surface area contributed by atoms with Crippen molar-refractivity contribution in [1.82, 2.24) is 9.62 Å². The minimum Gasteiger partial charge on any atom is -0.454 e. The van der Waals surface area contributed by atoms with Crippen molar-refractivity contribution >= 4 is 15.9 Å². The molecule has 1 saturated heterocycles. The standard InChI is InChI=1S/C21H24N2O5S/c24-21(22-13-17-6-9-19-20(12-17)28-15-27-19)18-7-4-16(5-8-18)14-29(25,26)23-10-2-1-3-11-23/h4-9,12H,1-3,10-11,13-15H2,(H,22,24). The third kappa shape index (κ3) is 4.71. The van der Waals surface area contributed by atoms with Gasteiger partial charge in [0.2, 0.25) is 16.8 Å². The van der Waals surface area contributed by atoms with Crippen LogP contribution in [0.15, 0.2) is 42.5 Å². The lowest BCUT2D eigenvalue weighted by Crippen LogP contribution is -2.36. The Kier molecular flexibility index (Phi) is 5.73. The largest absolute Gasteiger partial charge is 0.454 e. The van der Waals surface area contributed by atoms with Gasteiger partial charge in [0.05, 0.1) is 5.75 Å². The van der Waals surface area contributed by atoms with Gasteiger partial charge in [0.1, 0.15) is 0 Å². The molecule has 1 amide bonds. The summed E-state index contributed by atoms with van der Waals surface area (Å²) in [7, 11) is -3.31. The number of fused-ring (bicyclic) bond motifs is 1. The van der Waals surface area contributed by atoms with Crippen molar-refractivity contribution in [2.45, 2.75) is 31.6 Å². The van der Waals surface area contributed by atoms with Crippen LogP contribution in [-0.2, 0) is 22.3 Å². The number of nitrogens with one attached hydrogen (secondary N) is 1. The van der Waals surface area contributed by atoms with E-state index < -0.39 is 10.0 Å². The number of sulfonamides is 1. The SMILES string of the molecule is O=C(NCc1ccc2c(c1)OCO2)c1ccc(CS(=O)(=O)N2CCCCC2)cc1. The first-order chi connectivity index (χ1) is 14.0. The topological polar surface area (TPSA) is 84.9 Å². The van der Waals surface area contributed by atoms with Crippen molar-refractivity contribution in [3.05, 3.63) is 59.2 Å². The monoisotopic (exact) mass is 416 g/mol. The Bertz CT molecular complexity index is 983. The van der Waals surface area contributed by atoms with E-state index in [1.54, 1.807) is 28.6 Å². The van der Waals surface area contributed by atoms with Crippen LogP contribution in [0.2, 0.25) is 0 Å². The zero-order valence-electron chi connectivity index (χ0n) is 16.1. The fourth-order valence-corrected chi connectivity index (χ4v) is 5.14. The van der Waals surface area contributed by atoms with Gasteiger partial charge in [-0.3, -0.25) is 4.79 Å². The Morgan fingerprint density at radius 3 is 2.38 bits per heavy atom. The van der Waals surface area contributed by atoms with Crippen LogP contribution in [0.4, 0.5) is 0 Å².